The standard InChI is InChI=1S/C21H32ClNO2S.C6H5Cl/c1-6-16-9-12-19(17-7-10-18(22)11-8-17)23(21(16)24)20(14(2)3)13-26(25)15(4)5;7-6-4-2-1-3-5-6/h7-8,10-11,14-16,19-20H,6,9,12-13H2,1-5H3;1-5H. The zero-order chi connectivity index (χ0) is 24.5. The second-order valence-electron chi connectivity index (χ2n) is 9.20. The second-order valence-corrected chi connectivity index (χ2v) is 12.1. The number of hydrogen-bond acceptors (Lipinski definition) is 2. The van der Waals surface area contributed by atoms with Crippen LogP contribution in [0.3, 0.4) is 0 Å². The molecule has 1 fully saturated rings. The van der Waals surface area contributed by atoms with Gasteiger partial charge in [-0.25, -0.2) is 0 Å². The van der Waals surface area contributed by atoms with Gasteiger partial charge in [0.2, 0.25) is 5.91 Å². The first-order valence-corrected chi connectivity index (χ1v) is 13.9. The Morgan fingerprint density at radius 2 is 1.52 bits per heavy atom. The van der Waals surface area contributed by atoms with Crippen LogP contribution >= 0.6 is 23.2 Å². The lowest BCUT2D eigenvalue weighted by Crippen LogP contribution is -2.53. The minimum atomic E-state index is -0.942. The quantitative estimate of drug-likeness (QED) is 0.386. The highest BCUT2D eigenvalue weighted by molar-refractivity contribution is 7.85. The maximum absolute atomic E-state index is 13.3. The molecule has 1 heterocycles. The predicted octanol–water partition coefficient (Wildman–Crippen LogP) is 7.55. The molecule has 2 aromatic carbocycles. The van der Waals surface area contributed by atoms with Gasteiger partial charge in [-0.2, -0.15) is 0 Å². The number of nitrogens with zero attached hydrogens (tertiary/aromatic N) is 1. The number of hydrogen-bond donors (Lipinski definition) is 0. The number of halogens is 2. The molecule has 2 aromatic rings. The molecular weight excluding hydrogens is 473 g/mol. The van der Waals surface area contributed by atoms with Crippen molar-refractivity contribution in [2.45, 2.75) is 71.2 Å². The highest BCUT2D eigenvalue weighted by atomic mass is 35.5. The molecule has 1 amide bonds. The Hall–Kier alpha value is -1.36. The predicted molar refractivity (Wildman–Crippen MR) is 142 cm³/mol. The SMILES string of the molecule is CCC1CCC(c2ccc(Cl)cc2)N(C(CS(=O)C(C)C)C(C)C)C1=O.Clc1ccccc1. The van der Waals surface area contributed by atoms with Gasteiger partial charge in [0.25, 0.3) is 0 Å². The van der Waals surface area contributed by atoms with E-state index in [0.717, 1.165) is 29.8 Å². The van der Waals surface area contributed by atoms with E-state index in [9.17, 15) is 9.00 Å². The van der Waals surface area contributed by atoms with Gasteiger partial charge in [-0.05, 0) is 55.0 Å². The summed E-state index contributed by atoms with van der Waals surface area (Å²) < 4.78 is 12.6. The zero-order valence-electron chi connectivity index (χ0n) is 20.3. The van der Waals surface area contributed by atoms with Gasteiger partial charge in [-0.3, -0.25) is 9.00 Å². The summed E-state index contributed by atoms with van der Waals surface area (Å²) in [5.74, 6) is 1.10. The number of likely N-dealkylation sites (tertiary alicyclic amines) is 1. The molecule has 182 valence electrons. The van der Waals surface area contributed by atoms with E-state index in [-0.39, 0.29) is 35.1 Å². The van der Waals surface area contributed by atoms with Crippen molar-refractivity contribution < 1.29 is 9.00 Å². The molecule has 3 nitrogen and oxygen atoms in total. The molecule has 0 saturated carbocycles. The van der Waals surface area contributed by atoms with E-state index in [1.165, 1.54) is 0 Å². The van der Waals surface area contributed by atoms with Crippen LogP contribution in [0.15, 0.2) is 54.6 Å². The van der Waals surface area contributed by atoms with E-state index in [0.29, 0.717) is 10.8 Å². The molecule has 0 bridgehead atoms. The minimum Gasteiger partial charge on any atom is -0.331 e. The summed E-state index contributed by atoms with van der Waals surface area (Å²) in [6.45, 7) is 10.3. The lowest BCUT2D eigenvalue weighted by molar-refractivity contribution is -0.146. The first-order chi connectivity index (χ1) is 15.6. The van der Waals surface area contributed by atoms with Crippen molar-refractivity contribution in [2.75, 3.05) is 5.75 Å². The van der Waals surface area contributed by atoms with E-state index in [2.05, 4.69) is 25.7 Å². The Morgan fingerprint density at radius 1 is 0.939 bits per heavy atom. The van der Waals surface area contributed by atoms with Crippen LogP contribution in [-0.4, -0.2) is 32.1 Å². The summed E-state index contributed by atoms with van der Waals surface area (Å²) >= 11 is 11.6. The molecule has 33 heavy (non-hydrogen) atoms. The zero-order valence-corrected chi connectivity index (χ0v) is 22.7. The molecule has 4 unspecified atom stereocenters. The molecule has 0 spiro atoms. The summed E-state index contributed by atoms with van der Waals surface area (Å²) in [5, 5.41) is 1.60. The summed E-state index contributed by atoms with van der Waals surface area (Å²) in [6, 6.07) is 17.3. The molecule has 1 aliphatic heterocycles. The van der Waals surface area contributed by atoms with Crippen molar-refractivity contribution in [3.8, 4) is 0 Å². The van der Waals surface area contributed by atoms with Crippen LogP contribution in [0.25, 0.3) is 0 Å². The fourth-order valence-corrected chi connectivity index (χ4v) is 5.68. The smallest absolute Gasteiger partial charge is 0.226 e. The highest BCUT2D eigenvalue weighted by Gasteiger charge is 2.40. The van der Waals surface area contributed by atoms with E-state index >= 15 is 0 Å². The van der Waals surface area contributed by atoms with Crippen LogP contribution in [0.5, 0.6) is 0 Å². The first kappa shape index (κ1) is 27.9. The molecule has 6 heteroatoms. The summed E-state index contributed by atoms with van der Waals surface area (Å²) in [6.07, 6.45) is 2.72. The van der Waals surface area contributed by atoms with Crippen LogP contribution in [0.4, 0.5) is 0 Å². The Kier molecular flexibility index (Phi) is 11.4. The molecule has 1 aliphatic rings. The van der Waals surface area contributed by atoms with Crippen LogP contribution in [-0.2, 0) is 15.6 Å². The average Bonchev–Trinajstić information content (AvgIpc) is 2.78. The van der Waals surface area contributed by atoms with Gasteiger partial charge in [0.15, 0.2) is 0 Å². The normalized spacial score (nSPS) is 20.4. The van der Waals surface area contributed by atoms with Gasteiger partial charge in [0.05, 0.1) is 6.04 Å². The Labute approximate surface area is 212 Å². The largest absolute Gasteiger partial charge is 0.331 e. The van der Waals surface area contributed by atoms with Crippen LogP contribution in [0, 0.1) is 11.8 Å². The molecule has 0 aromatic heterocycles. The van der Waals surface area contributed by atoms with Crippen LogP contribution in [0.1, 0.15) is 65.5 Å². The van der Waals surface area contributed by atoms with E-state index in [4.69, 9.17) is 23.2 Å². The second kappa shape index (κ2) is 13.5. The molecular formula is C27H37Cl2NO2S. The van der Waals surface area contributed by atoms with Gasteiger partial charge in [0.1, 0.15) is 0 Å². The summed E-state index contributed by atoms with van der Waals surface area (Å²) in [7, 11) is -0.942. The maximum Gasteiger partial charge on any atom is 0.226 e. The molecule has 3 rings (SSSR count). The fraction of sp³-hybridized carbons (Fsp3) is 0.519. The number of amides is 1. The van der Waals surface area contributed by atoms with Crippen molar-refractivity contribution in [1.29, 1.82) is 0 Å². The minimum absolute atomic E-state index is 0.0132. The third-order valence-electron chi connectivity index (χ3n) is 6.20. The van der Waals surface area contributed by atoms with E-state index < -0.39 is 10.8 Å². The third-order valence-corrected chi connectivity index (χ3v) is 8.42. The lowest BCUT2D eigenvalue weighted by Gasteiger charge is -2.45. The van der Waals surface area contributed by atoms with E-state index in [1.807, 2.05) is 68.4 Å². The van der Waals surface area contributed by atoms with Crippen LogP contribution < -0.4 is 0 Å². The Morgan fingerprint density at radius 3 is 1.97 bits per heavy atom. The van der Waals surface area contributed by atoms with Gasteiger partial charge in [-0.15, -0.1) is 0 Å². The van der Waals surface area contributed by atoms with Crippen molar-refractivity contribution in [2.24, 2.45) is 11.8 Å². The fourth-order valence-electron chi connectivity index (χ4n) is 4.14. The molecule has 0 N–H and O–H groups in total. The first-order valence-electron chi connectivity index (χ1n) is 11.8. The number of rotatable bonds is 7. The van der Waals surface area contributed by atoms with Crippen molar-refractivity contribution >= 4 is 39.9 Å². The van der Waals surface area contributed by atoms with Gasteiger partial charge in [-0.1, -0.05) is 88.2 Å². The summed E-state index contributed by atoms with van der Waals surface area (Å²) in [5.41, 5.74) is 1.12. The Balaban J connectivity index is 0.000000468. The third kappa shape index (κ3) is 8.12. The topological polar surface area (TPSA) is 37.4 Å². The van der Waals surface area contributed by atoms with Crippen molar-refractivity contribution in [3.05, 3.63) is 70.2 Å². The van der Waals surface area contributed by atoms with Crippen molar-refractivity contribution in [1.82, 2.24) is 4.90 Å². The highest BCUT2D eigenvalue weighted by Crippen LogP contribution is 2.39. The van der Waals surface area contributed by atoms with Crippen LogP contribution in [0.2, 0.25) is 10.0 Å². The van der Waals surface area contributed by atoms with Gasteiger partial charge >= 0.3 is 0 Å². The number of carbonyl (C=O) groups excluding carboxylic acids is 1. The molecule has 4 atom stereocenters. The van der Waals surface area contributed by atoms with E-state index in [1.54, 1.807) is 0 Å². The van der Waals surface area contributed by atoms with Crippen molar-refractivity contribution in [3.63, 3.8) is 0 Å². The molecule has 0 aliphatic carbocycles. The monoisotopic (exact) mass is 509 g/mol. The lowest BCUT2D eigenvalue weighted by atomic mass is 9.84. The molecule has 0 radical (unpaired) electrons. The van der Waals surface area contributed by atoms with Gasteiger partial charge < -0.3 is 4.90 Å². The maximum atomic E-state index is 13.3. The number of benzene rings is 2. The average molecular weight is 511 g/mol. The summed E-state index contributed by atoms with van der Waals surface area (Å²) in [4.78, 5) is 15.4. The number of piperidine rings is 1. The Bertz CT molecular complexity index is 887. The number of carbonyl (C=O) groups is 1. The van der Waals surface area contributed by atoms with Gasteiger partial charge in [0, 0.05) is 43.8 Å². The molecule has 1 saturated heterocycles.